The predicted molar refractivity (Wildman–Crippen MR) is 201 cm³/mol. The number of imidazole rings is 1. The summed E-state index contributed by atoms with van der Waals surface area (Å²) in [4.78, 5) is 69.4. The summed E-state index contributed by atoms with van der Waals surface area (Å²) in [5.74, 6) is -1.46. The van der Waals surface area contributed by atoms with Crippen molar-refractivity contribution in [2.75, 3.05) is 43.8 Å². The molecular weight excluding hydrogens is 819 g/mol. The Morgan fingerprint density at radius 3 is 2.07 bits per heavy atom. The smallest absolute Gasteiger partial charge is 0.478 e. The van der Waals surface area contributed by atoms with Gasteiger partial charge in [0.15, 0.2) is 11.5 Å². The van der Waals surface area contributed by atoms with E-state index in [0.29, 0.717) is 29.1 Å². The number of aromatic nitrogens is 6. The van der Waals surface area contributed by atoms with Gasteiger partial charge in [0.05, 0.1) is 37.8 Å². The van der Waals surface area contributed by atoms with Gasteiger partial charge in [-0.3, -0.25) is 18.2 Å². The highest BCUT2D eigenvalue weighted by Gasteiger charge is 2.29. The van der Waals surface area contributed by atoms with Gasteiger partial charge in [0, 0.05) is 24.1 Å². The predicted octanol–water partition coefficient (Wildman–Crippen LogP) is 2.15. The molecule has 1 aliphatic rings. The van der Waals surface area contributed by atoms with Gasteiger partial charge < -0.3 is 59.8 Å². The van der Waals surface area contributed by atoms with Gasteiger partial charge in [0.25, 0.3) is 0 Å². The summed E-state index contributed by atoms with van der Waals surface area (Å²) in [6, 6.07) is 1.54. The number of thioether (sulfide) groups is 1. The minimum Gasteiger partial charge on any atom is -0.478 e. The molecule has 0 spiro atoms. The third-order valence-electron chi connectivity index (χ3n) is 6.33. The fraction of sp³-hybridized carbons (Fsp3) is 0.516. The Kier molecular flexibility index (Phi) is 20.5. The second kappa shape index (κ2) is 24.4. The molecule has 1 saturated heterocycles. The zero-order valence-electron chi connectivity index (χ0n) is 31.8. The average Bonchev–Trinajstić information content (AvgIpc) is 3.78. The molecule has 0 unspecified atom stereocenters. The topological polar surface area (TPSA) is 350 Å². The van der Waals surface area contributed by atoms with E-state index in [9.17, 15) is 28.5 Å². The summed E-state index contributed by atoms with van der Waals surface area (Å²) < 4.78 is 56.4. The Balaban J connectivity index is 0.000000409. The van der Waals surface area contributed by atoms with Crippen LogP contribution in [0.2, 0.25) is 0 Å². The largest absolute Gasteiger partial charge is 0.510 e. The molecule has 0 amide bonds. The quantitative estimate of drug-likeness (QED) is 0.0561. The molecule has 7 N–H and O–H groups in total. The van der Waals surface area contributed by atoms with Gasteiger partial charge in [-0.05, 0) is 40.7 Å². The molecular formula is C31H45N8O17PS. The maximum absolute atomic E-state index is 13.1. The van der Waals surface area contributed by atoms with Crippen molar-refractivity contribution in [3.05, 3.63) is 47.6 Å². The van der Waals surface area contributed by atoms with E-state index >= 15 is 0 Å². The maximum atomic E-state index is 13.1. The molecule has 322 valence electrons. The van der Waals surface area contributed by atoms with Crippen molar-refractivity contribution >= 4 is 66.4 Å². The van der Waals surface area contributed by atoms with Gasteiger partial charge in [0.1, 0.15) is 35.7 Å². The lowest BCUT2D eigenvalue weighted by molar-refractivity contribution is -0.134. The van der Waals surface area contributed by atoms with Crippen LogP contribution in [0.1, 0.15) is 40.8 Å². The number of nitrogens with zero attached hydrogens (tertiary/aromatic N) is 6. The summed E-state index contributed by atoms with van der Waals surface area (Å²) in [6.45, 7) is 6.92. The summed E-state index contributed by atoms with van der Waals surface area (Å²) in [5.41, 5.74) is 11.4. The van der Waals surface area contributed by atoms with E-state index in [1.807, 2.05) is 0 Å². The number of nitrogen functional groups attached to an aromatic ring is 2. The summed E-state index contributed by atoms with van der Waals surface area (Å²) in [5, 5.41) is 24.5. The third-order valence-corrected chi connectivity index (χ3v) is 8.90. The Bertz CT molecular complexity index is 1900. The molecule has 3 aromatic heterocycles. The van der Waals surface area contributed by atoms with Crippen LogP contribution in [0.25, 0.3) is 11.2 Å². The molecule has 58 heavy (non-hydrogen) atoms. The highest BCUT2D eigenvalue weighted by Crippen LogP contribution is 2.48. The highest BCUT2D eigenvalue weighted by atomic mass is 32.2. The van der Waals surface area contributed by atoms with Crippen LogP contribution in [0.15, 0.2) is 41.9 Å². The van der Waals surface area contributed by atoms with E-state index in [1.165, 1.54) is 29.0 Å². The van der Waals surface area contributed by atoms with E-state index < -0.39 is 75.8 Å². The number of rotatable bonds is 17. The van der Waals surface area contributed by atoms with Crippen molar-refractivity contribution in [2.45, 2.75) is 71.1 Å². The van der Waals surface area contributed by atoms with E-state index in [-0.39, 0.29) is 36.5 Å². The molecule has 4 heterocycles. The van der Waals surface area contributed by atoms with Crippen LogP contribution in [0.4, 0.5) is 21.2 Å². The number of carboxylic acids is 2. The lowest BCUT2D eigenvalue weighted by Crippen LogP contribution is -2.28. The van der Waals surface area contributed by atoms with Crippen molar-refractivity contribution < 1.29 is 76.5 Å². The first-order valence-corrected chi connectivity index (χ1v) is 19.5. The zero-order valence-corrected chi connectivity index (χ0v) is 33.6. The fourth-order valence-electron chi connectivity index (χ4n) is 3.93. The van der Waals surface area contributed by atoms with E-state index in [2.05, 4.69) is 19.9 Å². The van der Waals surface area contributed by atoms with Crippen molar-refractivity contribution in [3.63, 3.8) is 0 Å². The first-order valence-electron chi connectivity index (χ1n) is 16.8. The molecule has 1 aliphatic heterocycles. The first kappa shape index (κ1) is 48.8. The molecule has 0 aliphatic carbocycles. The number of anilines is 2. The van der Waals surface area contributed by atoms with Crippen LogP contribution >= 0.6 is 19.4 Å². The Hall–Kier alpha value is -5.37. The summed E-state index contributed by atoms with van der Waals surface area (Å²) in [7, 11) is -4.06. The second-order valence-corrected chi connectivity index (χ2v) is 14.9. The number of aliphatic carboxylic acids is 2. The normalized spacial score (nSPS) is 15.6. The molecule has 0 radical (unpaired) electrons. The van der Waals surface area contributed by atoms with E-state index in [1.54, 1.807) is 51.4 Å². The van der Waals surface area contributed by atoms with Crippen molar-refractivity contribution in [2.24, 2.45) is 0 Å². The maximum Gasteiger partial charge on any atom is 0.510 e. The average molecular weight is 865 g/mol. The minimum atomic E-state index is -4.06. The van der Waals surface area contributed by atoms with Gasteiger partial charge in [-0.15, -0.1) is 11.8 Å². The SMILES string of the molecule is CC(C)OC(=O)OCOP(=O)(CO[C@H](C)Cn1cnc2c(N)ncnc21)OCOC(=O)OC(C)C.Nc1ccn([C@@H]2CS[C@H](CO)O2)c(=O)n1.O=C(O)/C=C/C(=O)O. The van der Waals surface area contributed by atoms with Gasteiger partial charge in [-0.25, -0.2) is 38.9 Å². The van der Waals surface area contributed by atoms with Gasteiger partial charge in [-0.2, -0.15) is 4.98 Å². The van der Waals surface area contributed by atoms with Crippen LogP contribution in [0.3, 0.4) is 0 Å². The highest BCUT2D eigenvalue weighted by molar-refractivity contribution is 8.00. The number of aliphatic hydroxyl groups excluding tert-OH is 1. The molecule has 0 aromatic carbocycles. The number of hydrogen-bond acceptors (Lipinski definition) is 22. The lowest BCUT2D eigenvalue weighted by Gasteiger charge is -2.21. The standard InChI is InChI=1S/C19H30N5O10P.C8H11N3O3S.C4H4O4/c1-12(2)33-18(25)28-9-31-35(27,32-10-29-19(26)34-13(3)4)11-30-14(5)6-24-8-23-15-16(20)21-7-22-17(15)24;9-5-1-2-11(8(13)10-5)6-4-15-7(3-12)14-6;5-3(6)1-2-4(7)8/h7-8,12-14H,6,9-11H2,1-5H3,(H2,20,21,22);1-2,6-7,12H,3-4H2,(H2,9,10,13);1-2H,(H,5,6)(H,7,8)/b;;2-1+/t14-;6-,7+;/m10./s1. The van der Waals surface area contributed by atoms with Gasteiger partial charge in [0.2, 0.25) is 13.6 Å². The molecule has 4 rings (SSSR count). The number of carboxylic acid groups (broad SMARTS) is 2. The van der Waals surface area contributed by atoms with E-state index in [4.69, 9.17) is 64.3 Å². The molecule has 3 atom stereocenters. The third kappa shape index (κ3) is 18.3. The number of nitrogens with two attached hydrogens (primary N) is 2. The number of hydrogen-bond donors (Lipinski definition) is 5. The summed E-state index contributed by atoms with van der Waals surface area (Å²) >= 11 is 1.47. The molecule has 27 heteroatoms. The van der Waals surface area contributed by atoms with Crippen LogP contribution in [-0.2, 0) is 58.2 Å². The Labute approximate surface area is 334 Å². The number of carbonyl (C=O) groups excluding carboxylic acids is 2. The first-order chi connectivity index (χ1) is 27.3. The van der Waals surface area contributed by atoms with Gasteiger partial charge in [-0.1, -0.05) is 0 Å². The number of fused-ring (bicyclic) bond motifs is 1. The van der Waals surface area contributed by atoms with Crippen molar-refractivity contribution in [1.82, 2.24) is 29.1 Å². The van der Waals surface area contributed by atoms with E-state index in [0.717, 1.165) is 0 Å². The van der Waals surface area contributed by atoms with Crippen LogP contribution in [-0.4, -0.2) is 125 Å². The van der Waals surface area contributed by atoms with Gasteiger partial charge >= 0.3 is 37.5 Å². The Morgan fingerprint density at radius 2 is 1.57 bits per heavy atom. The van der Waals surface area contributed by atoms with Crippen molar-refractivity contribution in [3.8, 4) is 0 Å². The minimum absolute atomic E-state index is 0.0572. The Morgan fingerprint density at radius 1 is 0.983 bits per heavy atom. The monoisotopic (exact) mass is 864 g/mol. The molecule has 0 saturated carbocycles. The lowest BCUT2D eigenvalue weighted by atomic mass is 10.4. The number of aliphatic hydroxyl groups is 1. The van der Waals surface area contributed by atoms with Crippen molar-refractivity contribution in [1.29, 1.82) is 0 Å². The molecule has 25 nitrogen and oxygen atoms in total. The zero-order chi connectivity index (χ0) is 43.4. The van der Waals surface area contributed by atoms with Crippen LogP contribution in [0.5, 0.6) is 0 Å². The van der Waals surface area contributed by atoms with Crippen LogP contribution < -0.4 is 17.2 Å². The second-order valence-electron chi connectivity index (χ2n) is 11.7. The van der Waals surface area contributed by atoms with Crippen LogP contribution in [0, 0.1) is 0 Å². The fourth-order valence-corrected chi connectivity index (χ4v) is 5.95. The molecule has 1 fully saturated rings. The summed E-state index contributed by atoms with van der Waals surface area (Å²) in [6.07, 6.45) is 1.16. The number of ether oxygens (including phenoxy) is 6. The molecule has 3 aromatic rings. The molecule has 0 bridgehead atoms. The number of carbonyl (C=O) groups is 4.